The number of aliphatic hydroxyl groups is 6. The van der Waals surface area contributed by atoms with Crippen molar-refractivity contribution >= 4 is 26.5 Å². The van der Waals surface area contributed by atoms with Crippen LogP contribution in [0.3, 0.4) is 0 Å². The largest absolute Gasteiger partial charge is 0.501 e. The molecule has 0 saturated carbocycles. The van der Waals surface area contributed by atoms with Crippen molar-refractivity contribution in [3.05, 3.63) is 0 Å². The molecule has 0 unspecified atom stereocenters. The van der Waals surface area contributed by atoms with Gasteiger partial charge in [-0.3, -0.25) is 14.4 Å². The molecule has 3 amide bonds. The van der Waals surface area contributed by atoms with Crippen LogP contribution in [0.2, 0.25) is 6.04 Å². The van der Waals surface area contributed by atoms with Gasteiger partial charge in [-0.2, -0.15) is 0 Å². The first-order valence-electron chi connectivity index (χ1n) is 39.4. The van der Waals surface area contributed by atoms with E-state index >= 15 is 0 Å². The molecule has 0 aliphatic rings. The first-order valence-corrected chi connectivity index (χ1v) is 41.4. The molecule has 0 radical (unpaired) electrons. The second kappa shape index (κ2) is 62.5. The number of carbonyl (C=O) groups excluding carboxylic acids is 3. The summed E-state index contributed by atoms with van der Waals surface area (Å²) < 4.78 is 21.3. The van der Waals surface area contributed by atoms with Crippen molar-refractivity contribution in [2.45, 2.75) is 384 Å². The summed E-state index contributed by atoms with van der Waals surface area (Å²) in [6.07, 6.45) is 57.4. The van der Waals surface area contributed by atoms with Gasteiger partial charge >= 0.3 is 8.80 Å². The SMILES string of the molecule is CCCCCCCCCCCCCCCC(=O)NC(CO)(CO)CO[Si](CCC[N+](C)(C)CCCCCCCCCCC)(OCC(CO)(CO)NC(=O)CCCCCCCCCCCCCCC)OCC(CO)(CO)NC(=O)CCCCCCCCCCCCCCC. The number of amides is 3. The molecule has 0 rings (SSSR count). The first-order chi connectivity index (χ1) is 45.1. The molecular weight excluding hydrogens is 1190 g/mol. The standard InChI is InChI=1S/C76H154N4O12Si/c1-7-11-15-19-23-27-30-33-36-39-43-47-51-56-71(87)77-74(62-81,63-82)68-90-93(61-55-60-80(5,6)59-54-50-46-42-26-22-18-14-10-4,91-69-75(64-83,65-84)78-72(88)57-52-48-44-40-37-34-31-28-24-20-16-12-8-2)92-70-76(66-85,67-86)79-73(89)58-53-49-45-41-38-35-32-29-25-21-17-13-9-3/h81-86H,7-70H2,1-6H3,(H2-,77,78,79,87,88,89)/p+1. The second-order valence-electron chi connectivity index (χ2n) is 29.3. The predicted octanol–water partition coefficient (Wildman–Crippen LogP) is 15.9. The average molecular weight is 1350 g/mol. The van der Waals surface area contributed by atoms with E-state index in [1.165, 1.54) is 218 Å². The fraction of sp³-hybridized carbons (Fsp3) is 0.961. The maximum atomic E-state index is 13.7. The van der Waals surface area contributed by atoms with Crippen molar-refractivity contribution in [1.29, 1.82) is 0 Å². The van der Waals surface area contributed by atoms with Crippen LogP contribution >= 0.6 is 0 Å². The van der Waals surface area contributed by atoms with Gasteiger partial charge in [0.25, 0.3) is 0 Å². The molecule has 16 nitrogen and oxygen atoms in total. The van der Waals surface area contributed by atoms with Gasteiger partial charge in [0.2, 0.25) is 17.7 Å². The van der Waals surface area contributed by atoms with E-state index in [0.29, 0.717) is 36.7 Å². The van der Waals surface area contributed by atoms with Crippen LogP contribution in [0, 0.1) is 0 Å². The fourth-order valence-corrected chi connectivity index (χ4v) is 15.3. The Morgan fingerprint density at radius 1 is 0.290 bits per heavy atom. The summed E-state index contributed by atoms with van der Waals surface area (Å²) >= 11 is 0. The molecule has 0 atom stereocenters. The molecule has 0 saturated heterocycles. The van der Waals surface area contributed by atoms with E-state index in [-0.39, 0.29) is 43.0 Å². The molecule has 0 heterocycles. The van der Waals surface area contributed by atoms with E-state index in [1.54, 1.807) is 0 Å². The Morgan fingerprint density at radius 2 is 0.473 bits per heavy atom. The monoisotopic (exact) mass is 1340 g/mol. The lowest BCUT2D eigenvalue weighted by atomic mass is 10.0. The molecule has 0 aromatic carbocycles. The van der Waals surface area contributed by atoms with Crippen LogP contribution in [0.25, 0.3) is 0 Å². The van der Waals surface area contributed by atoms with E-state index in [4.69, 9.17) is 13.3 Å². The predicted molar refractivity (Wildman–Crippen MR) is 388 cm³/mol. The van der Waals surface area contributed by atoms with E-state index in [0.717, 1.165) is 77.2 Å². The van der Waals surface area contributed by atoms with Crippen molar-refractivity contribution in [2.75, 3.05) is 86.6 Å². The maximum absolute atomic E-state index is 13.7. The third-order valence-corrected chi connectivity index (χ3v) is 22.1. The number of nitrogens with one attached hydrogen (secondary N) is 3. The highest BCUT2D eigenvalue weighted by atomic mass is 28.4. The summed E-state index contributed by atoms with van der Waals surface area (Å²) in [5, 5.41) is 75.1. The summed E-state index contributed by atoms with van der Waals surface area (Å²) in [7, 11) is 0.00342. The zero-order valence-electron chi connectivity index (χ0n) is 61.8. The Labute approximate surface area is 573 Å². The number of quaternary nitrogens is 1. The second-order valence-corrected chi connectivity index (χ2v) is 32.0. The van der Waals surface area contributed by atoms with E-state index in [2.05, 4.69) is 57.7 Å². The average Bonchev–Trinajstić information content (AvgIpc) is 0.862. The van der Waals surface area contributed by atoms with Gasteiger partial charge in [0.15, 0.2) is 0 Å². The Balaban J connectivity index is 6.68. The summed E-state index contributed by atoms with van der Waals surface area (Å²) in [5.74, 6) is -1.07. The number of unbranched alkanes of at least 4 members (excludes halogenated alkanes) is 44. The zero-order chi connectivity index (χ0) is 68.7. The zero-order valence-corrected chi connectivity index (χ0v) is 62.8. The van der Waals surface area contributed by atoms with Crippen LogP contribution in [0.5, 0.6) is 0 Å². The molecule has 0 aliphatic heterocycles. The maximum Gasteiger partial charge on any atom is 0.501 e. The van der Waals surface area contributed by atoms with Gasteiger partial charge in [0, 0.05) is 31.7 Å². The lowest BCUT2D eigenvalue weighted by Crippen LogP contribution is -2.64. The molecule has 17 heteroatoms. The minimum atomic E-state index is -4.35. The van der Waals surface area contributed by atoms with Gasteiger partial charge in [-0.1, -0.05) is 304 Å². The molecule has 0 aliphatic carbocycles. The highest BCUT2D eigenvalue weighted by Crippen LogP contribution is 2.27. The molecule has 0 aromatic heterocycles. The minimum absolute atomic E-state index is 0.117. The molecule has 554 valence electrons. The van der Waals surface area contributed by atoms with E-state index in [1.807, 2.05) is 0 Å². The van der Waals surface area contributed by atoms with E-state index in [9.17, 15) is 45.0 Å². The highest BCUT2D eigenvalue weighted by Gasteiger charge is 2.49. The third kappa shape index (κ3) is 51.1. The minimum Gasteiger partial charge on any atom is -0.394 e. The lowest BCUT2D eigenvalue weighted by molar-refractivity contribution is -0.890. The smallest absolute Gasteiger partial charge is 0.394 e. The van der Waals surface area contributed by atoms with Crippen LogP contribution in [-0.2, 0) is 27.7 Å². The van der Waals surface area contributed by atoms with Crippen molar-refractivity contribution in [3.63, 3.8) is 0 Å². The Hall–Kier alpha value is -1.77. The molecule has 0 bridgehead atoms. The number of aliphatic hydroxyl groups excluding tert-OH is 6. The van der Waals surface area contributed by atoms with Crippen molar-refractivity contribution in [3.8, 4) is 0 Å². The molecule has 9 N–H and O–H groups in total. The van der Waals surface area contributed by atoms with Gasteiger partial charge in [-0.15, -0.1) is 0 Å². The molecular formula is C76H155N4O12Si+. The summed E-state index contributed by atoms with van der Waals surface area (Å²) in [4.78, 5) is 41.2. The number of hydrogen-bond donors (Lipinski definition) is 9. The molecule has 0 aromatic rings. The van der Waals surface area contributed by atoms with Gasteiger partial charge in [0.05, 0.1) is 86.6 Å². The van der Waals surface area contributed by atoms with Crippen molar-refractivity contribution in [2.24, 2.45) is 0 Å². The van der Waals surface area contributed by atoms with Crippen LogP contribution in [0.4, 0.5) is 0 Å². The van der Waals surface area contributed by atoms with Crippen LogP contribution in [0.15, 0.2) is 0 Å². The van der Waals surface area contributed by atoms with Crippen LogP contribution < -0.4 is 16.0 Å². The lowest BCUT2D eigenvalue weighted by Gasteiger charge is -2.41. The van der Waals surface area contributed by atoms with Gasteiger partial charge < -0.3 is 64.4 Å². The topological polar surface area (TPSA) is 236 Å². The Bertz CT molecular complexity index is 1520. The number of rotatable bonds is 74. The van der Waals surface area contributed by atoms with Crippen molar-refractivity contribution < 1.29 is 62.8 Å². The van der Waals surface area contributed by atoms with Gasteiger partial charge in [-0.25, -0.2) is 0 Å². The normalized spacial score (nSPS) is 12.5. The Kier molecular flexibility index (Phi) is 61.3. The number of carbonyl (C=O) groups is 3. The summed E-state index contributed by atoms with van der Waals surface area (Å²) in [6, 6.07) is 0.117. The van der Waals surface area contributed by atoms with Crippen molar-refractivity contribution in [1.82, 2.24) is 16.0 Å². The third-order valence-electron chi connectivity index (χ3n) is 19.4. The summed E-state index contributed by atoms with van der Waals surface area (Å²) in [5.41, 5.74) is -5.07. The molecule has 0 fully saturated rings. The van der Waals surface area contributed by atoms with Crippen LogP contribution in [0.1, 0.15) is 362 Å². The Morgan fingerprint density at radius 3 is 0.677 bits per heavy atom. The number of nitrogens with zero attached hydrogens (tertiary/aromatic N) is 1. The molecule has 93 heavy (non-hydrogen) atoms. The fourth-order valence-electron chi connectivity index (χ4n) is 12.5. The number of hydrogen-bond acceptors (Lipinski definition) is 12. The first kappa shape index (κ1) is 91.2. The quantitative estimate of drug-likeness (QED) is 0.0157. The van der Waals surface area contributed by atoms with Gasteiger partial charge in [-0.05, 0) is 32.1 Å². The highest BCUT2D eigenvalue weighted by molar-refractivity contribution is 6.60. The summed E-state index contributed by atoms with van der Waals surface area (Å²) in [6.45, 7) is 4.97. The molecule has 0 spiro atoms. The van der Waals surface area contributed by atoms with Crippen LogP contribution in [-0.4, -0.2) is 165 Å². The van der Waals surface area contributed by atoms with Gasteiger partial charge in [0.1, 0.15) is 16.6 Å². The van der Waals surface area contributed by atoms with E-state index < -0.39 is 84.9 Å².